The van der Waals surface area contributed by atoms with Gasteiger partial charge < -0.3 is 4.57 Å². The van der Waals surface area contributed by atoms with Gasteiger partial charge in [-0.25, -0.2) is 9.97 Å². The maximum atomic E-state index is 5.50. The molecule has 0 unspecified atom stereocenters. The lowest BCUT2D eigenvalue weighted by Crippen LogP contribution is -2.03. The molecule has 0 aliphatic heterocycles. The minimum atomic E-state index is 0.663. The Kier molecular flexibility index (Phi) is 6.47. The van der Waals surface area contributed by atoms with E-state index in [1.54, 1.807) is 0 Å². The van der Waals surface area contributed by atoms with E-state index in [0.29, 0.717) is 5.95 Å². The summed E-state index contributed by atoms with van der Waals surface area (Å²) in [5.41, 5.74) is 11.0. The van der Waals surface area contributed by atoms with Gasteiger partial charge in [0.2, 0.25) is 5.95 Å². The van der Waals surface area contributed by atoms with Gasteiger partial charge in [0.1, 0.15) is 0 Å². The van der Waals surface area contributed by atoms with Crippen molar-refractivity contribution in [3.63, 3.8) is 0 Å². The highest BCUT2D eigenvalue weighted by Gasteiger charge is 2.21. The molecule has 0 amide bonds. The summed E-state index contributed by atoms with van der Waals surface area (Å²) in [5.74, 6) is 0.663. The molecule has 0 radical (unpaired) electrons. The first kappa shape index (κ1) is 30.4. The Bertz CT molecular complexity index is 3480. The van der Waals surface area contributed by atoms with Crippen molar-refractivity contribution < 1.29 is 0 Å². The summed E-state index contributed by atoms with van der Waals surface area (Å²) < 4.78 is 7.11. The van der Waals surface area contributed by atoms with E-state index in [-0.39, 0.29) is 0 Å². The number of aromatic nitrogens is 4. The zero-order valence-corrected chi connectivity index (χ0v) is 30.3. The number of para-hydroxylation sites is 3. The number of thiophene rings is 1. The Hall–Kier alpha value is -7.08. The van der Waals surface area contributed by atoms with E-state index in [1.807, 2.05) is 11.3 Å². The molecule has 4 nitrogen and oxygen atoms in total. The first-order chi connectivity index (χ1) is 27.3. The molecule has 8 aromatic carbocycles. The van der Waals surface area contributed by atoms with Crippen LogP contribution in [0.3, 0.4) is 0 Å². The summed E-state index contributed by atoms with van der Waals surface area (Å²) in [5, 5.41) is 8.43. The molecule has 0 saturated heterocycles. The molecule has 55 heavy (non-hydrogen) atoms. The highest BCUT2D eigenvalue weighted by molar-refractivity contribution is 7.26. The zero-order chi connectivity index (χ0) is 36.0. The zero-order valence-electron chi connectivity index (χ0n) is 29.5. The fourth-order valence-corrected chi connectivity index (χ4v) is 9.91. The van der Waals surface area contributed by atoms with Crippen LogP contribution in [-0.4, -0.2) is 19.1 Å². The standard InChI is InChI=1S/C50H30N4S/c1-3-13-31(14-4-1)48-47-41(27-26-39-38-19-9-12-22-46(38)55-49(39)47)51-50(52-48)54-43-21-11-7-17-35(43)37-25-23-33(30-45(37)54)32-24-28-44-40(29-32)36-18-8-10-20-42(36)53(44)34-15-5-2-6-16-34/h1-30H. The summed E-state index contributed by atoms with van der Waals surface area (Å²) in [4.78, 5) is 10.9. The van der Waals surface area contributed by atoms with Crippen molar-refractivity contribution in [2.75, 3.05) is 0 Å². The molecule has 0 N–H and O–H groups in total. The van der Waals surface area contributed by atoms with Gasteiger partial charge in [-0.1, -0.05) is 127 Å². The van der Waals surface area contributed by atoms with Crippen molar-refractivity contribution in [2.45, 2.75) is 0 Å². The van der Waals surface area contributed by atoms with E-state index in [2.05, 4.69) is 191 Å². The maximum absolute atomic E-state index is 5.50. The first-order valence-corrected chi connectivity index (χ1v) is 19.4. The molecular weight excluding hydrogens is 689 g/mol. The smallest absolute Gasteiger partial charge is 0.235 e. The Morgan fingerprint density at radius 1 is 0.382 bits per heavy atom. The average molecular weight is 719 g/mol. The molecule has 0 fully saturated rings. The van der Waals surface area contributed by atoms with E-state index >= 15 is 0 Å². The average Bonchev–Trinajstić information content (AvgIpc) is 3.91. The summed E-state index contributed by atoms with van der Waals surface area (Å²) in [7, 11) is 0. The van der Waals surface area contributed by atoms with Gasteiger partial charge in [-0.15, -0.1) is 11.3 Å². The van der Waals surface area contributed by atoms with Crippen molar-refractivity contribution in [1.82, 2.24) is 19.1 Å². The van der Waals surface area contributed by atoms with Crippen LogP contribution < -0.4 is 0 Å². The first-order valence-electron chi connectivity index (χ1n) is 18.6. The Morgan fingerprint density at radius 3 is 1.80 bits per heavy atom. The number of hydrogen-bond donors (Lipinski definition) is 0. The van der Waals surface area contributed by atoms with Crippen molar-refractivity contribution >= 4 is 86.0 Å². The predicted octanol–water partition coefficient (Wildman–Crippen LogP) is 13.5. The number of hydrogen-bond acceptors (Lipinski definition) is 3. The second-order valence-corrected chi connectivity index (χ2v) is 15.2. The van der Waals surface area contributed by atoms with Crippen LogP contribution in [0.5, 0.6) is 0 Å². The molecule has 12 aromatic rings. The molecule has 4 heterocycles. The van der Waals surface area contributed by atoms with E-state index in [9.17, 15) is 0 Å². The Balaban J connectivity index is 1.11. The van der Waals surface area contributed by atoms with Gasteiger partial charge >= 0.3 is 0 Å². The summed E-state index contributed by atoms with van der Waals surface area (Å²) >= 11 is 1.82. The second-order valence-electron chi connectivity index (χ2n) is 14.2. The highest BCUT2D eigenvalue weighted by Crippen LogP contribution is 2.43. The number of rotatable bonds is 4. The van der Waals surface area contributed by atoms with Crippen LogP contribution in [0.2, 0.25) is 0 Å². The van der Waals surface area contributed by atoms with Gasteiger partial charge in [-0.05, 0) is 65.7 Å². The van der Waals surface area contributed by atoms with E-state index in [1.165, 1.54) is 58.3 Å². The largest absolute Gasteiger partial charge is 0.309 e. The van der Waals surface area contributed by atoms with Crippen LogP contribution in [0.1, 0.15) is 0 Å². The quantitative estimate of drug-likeness (QED) is 0.182. The lowest BCUT2D eigenvalue weighted by molar-refractivity contribution is 1.01. The number of benzene rings is 8. The molecule has 0 atom stereocenters. The molecule has 0 bridgehead atoms. The Morgan fingerprint density at radius 2 is 0.982 bits per heavy atom. The molecule has 12 rings (SSSR count). The topological polar surface area (TPSA) is 35.6 Å². The monoisotopic (exact) mass is 718 g/mol. The fourth-order valence-electron chi connectivity index (χ4n) is 8.67. The number of fused-ring (bicyclic) bond motifs is 11. The van der Waals surface area contributed by atoms with Crippen molar-refractivity contribution in [2.24, 2.45) is 0 Å². The van der Waals surface area contributed by atoms with Crippen LogP contribution in [0.15, 0.2) is 182 Å². The van der Waals surface area contributed by atoms with Crippen LogP contribution >= 0.6 is 11.3 Å². The number of nitrogens with zero attached hydrogens (tertiary/aromatic N) is 4. The second kappa shape index (κ2) is 11.7. The highest BCUT2D eigenvalue weighted by atomic mass is 32.1. The predicted molar refractivity (Wildman–Crippen MR) is 232 cm³/mol. The summed E-state index contributed by atoms with van der Waals surface area (Å²) in [6, 6.07) is 65.3. The van der Waals surface area contributed by atoms with Crippen molar-refractivity contribution in [3.05, 3.63) is 182 Å². The summed E-state index contributed by atoms with van der Waals surface area (Å²) in [6.45, 7) is 0. The van der Waals surface area contributed by atoms with Gasteiger partial charge in [0.05, 0.1) is 33.3 Å². The third-order valence-corrected chi connectivity index (χ3v) is 12.3. The molecule has 0 aliphatic carbocycles. The third kappa shape index (κ3) is 4.51. The maximum Gasteiger partial charge on any atom is 0.235 e. The fraction of sp³-hybridized carbons (Fsp3) is 0. The van der Waals surface area contributed by atoms with Crippen LogP contribution in [0.25, 0.3) is 109 Å². The molecular formula is C50H30N4S. The van der Waals surface area contributed by atoms with E-state index in [4.69, 9.17) is 9.97 Å². The van der Waals surface area contributed by atoms with Crippen molar-refractivity contribution in [1.29, 1.82) is 0 Å². The lowest BCUT2D eigenvalue weighted by atomic mass is 10.0. The third-order valence-electron chi connectivity index (χ3n) is 11.1. The molecule has 5 heteroatoms. The van der Waals surface area contributed by atoms with Gasteiger partial charge in [-0.3, -0.25) is 4.57 Å². The molecule has 0 spiro atoms. The van der Waals surface area contributed by atoms with Crippen molar-refractivity contribution in [3.8, 4) is 34.0 Å². The minimum Gasteiger partial charge on any atom is -0.309 e. The SMILES string of the molecule is c1ccc(-c2nc(-n3c4ccccc4c4ccc(-c5ccc6c(c5)c5ccccc5n6-c5ccccc5)cc43)nc3ccc4c5ccccc5sc4c23)cc1. The van der Waals surface area contributed by atoms with Crippen LogP contribution in [-0.2, 0) is 0 Å². The molecule has 4 aromatic heterocycles. The molecule has 0 aliphatic rings. The van der Waals surface area contributed by atoms with E-state index in [0.717, 1.165) is 44.4 Å². The van der Waals surface area contributed by atoms with Gasteiger partial charge in [-0.2, -0.15) is 0 Å². The lowest BCUT2D eigenvalue weighted by Gasteiger charge is -2.13. The van der Waals surface area contributed by atoms with E-state index < -0.39 is 0 Å². The normalized spacial score (nSPS) is 12.0. The van der Waals surface area contributed by atoms with Gasteiger partial charge in [0.25, 0.3) is 0 Å². The van der Waals surface area contributed by atoms with Crippen LogP contribution in [0, 0.1) is 0 Å². The van der Waals surface area contributed by atoms with Gasteiger partial charge in [0, 0.05) is 58.4 Å². The molecule has 0 saturated carbocycles. The summed E-state index contributed by atoms with van der Waals surface area (Å²) in [6.07, 6.45) is 0. The molecule has 256 valence electrons. The Labute approximate surface area is 319 Å². The minimum absolute atomic E-state index is 0.663. The van der Waals surface area contributed by atoms with Crippen LogP contribution in [0.4, 0.5) is 0 Å². The van der Waals surface area contributed by atoms with Gasteiger partial charge in [0.15, 0.2) is 0 Å².